The van der Waals surface area contributed by atoms with Gasteiger partial charge in [0.2, 0.25) is 11.8 Å². The minimum Gasteiger partial charge on any atom is -0.421 e. The Bertz CT molecular complexity index is 975. The predicted octanol–water partition coefficient (Wildman–Crippen LogP) is 5.36. The highest BCUT2D eigenvalue weighted by Crippen LogP contribution is 2.32. The first-order valence-electron chi connectivity index (χ1n) is 7.41. The molecule has 3 aromatic rings. The molecule has 0 aliphatic rings. The lowest BCUT2D eigenvalue weighted by atomic mass is 10.3. The van der Waals surface area contributed by atoms with Crippen molar-refractivity contribution in [1.29, 1.82) is 0 Å². The molecule has 0 bridgehead atoms. The van der Waals surface area contributed by atoms with Crippen LogP contribution >= 0.6 is 11.6 Å². The number of ether oxygens (including phenoxy) is 1. The zero-order valence-electron chi connectivity index (χ0n) is 13.7. The highest BCUT2D eigenvalue weighted by atomic mass is 35.5. The van der Waals surface area contributed by atoms with E-state index >= 15 is 0 Å². The van der Waals surface area contributed by atoms with Gasteiger partial charge in [-0.25, -0.2) is 4.68 Å². The van der Waals surface area contributed by atoms with Crippen LogP contribution in [-0.2, 0) is 13.2 Å². The number of alkyl halides is 3. The minimum absolute atomic E-state index is 0.0194. The second-order valence-electron chi connectivity index (χ2n) is 5.16. The average Bonchev–Trinajstić information content (AvgIpc) is 2.96. The fraction of sp³-hybridized carbons (Fsp3) is 0.125. The van der Waals surface area contributed by atoms with Gasteiger partial charge in [0, 0.05) is 35.5 Å². The molecule has 3 rings (SSSR count). The molecule has 7 nitrogen and oxygen atoms in total. The molecule has 0 saturated heterocycles. The number of aryl methyl sites for hydroxylation is 1. The van der Waals surface area contributed by atoms with Crippen molar-refractivity contribution in [2.45, 2.75) is 6.18 Å². The zero-order valence-corrected chi connectivity index (χ0v) is 14.4. The van der Waals surface area contributed by atoms with Gasteiger partial charge in [0.05, 0.1) is 0 Å². The summed E-state index contributed by atoms with van der Waals surface area (Å²) in [5, 5.41) is 11.1. The lowest BCUT2D eigenvalue weighted by Crippen LogP contribution is -2.06. The molecular formula is C16H11ClF3N5O2. The molecule has 27 heavy (non-hydrogen) atoms. The largest absolute Gasteiger partial charge is 0.435 e. The smallest absolute Gasteiger partial charge is 0.421 e. The molecule has 0 aliphatic carbocycles. The van der Waals surface area contributed by atoms with Crippen LogP contribution in [0.4, 0.5) is 19.0 Å². The maximum atomic E-state index is 12.7. The molecule has 0 spiro atoms. The van der Waals surface area contributed by atoms with Crippen molar-refractivity contribution in [2.75, 3.05) is 0 Å². The summed E-state index contributed by atoms with van der Waals surface area (Å²) in [5.74, 6) is 0.408. The van der Waals surface area contributed by atoms with Gasteiger partial charge in [-0.2, -0.15) is 23.3 Å². The molecule has 11 heteroatoms. The third-order valence-electron chi connectivity index (χ3n) is 3.13. The standard InChI is InChI=1S/C16H11ClF3N5O2/c1-25-15(9-12(23-25)16(18,19)20)26-14-7-3-6-13(21-14)22-24-27-11-5-2-4-10(17)8-11/h2-9H,1H3. The van der Waals surface area contributed by atoms with Crippen LogP contribution in [0.25, 0.3) is 0 Å². The second kappa shape index (κ2) is 7.62. The second-order valence-corrected chi connectivity index (χ2v) is 5.59. The Kier molecular flexibility index (Phi) is 5.26. The van der Waals surface area contributed by atoms with Gasteiger partial charge >= 0.3 is 6.18 Å². The van der Waals surface area contributed by atoms with Gasteiger partial charge in [-0.3, -0.25) is 0 Å². The Hall–Kier alpha value is -3.14. The molecule has 0 unspecified atom stereocenters. The summed E-state index contributed by atoms with van der Waals surface area (Å²) in [7, 11) is 1.33. The number of halogens is 4. The first-order valence-corrected chi connectivity index (χ1v) is 7.79. The molecule has 0 aliphatic heterocycles. The van der Waals surface area contributed by atoms with Gasteiger partial charge < -0.3 is 9.57 Å². The fourth-order valence-corrected chi connectivity index (χ4v) is 2.12. The van der Waals surface area contributed by atoms with Crippen LogP contribution in [-0.4, -0.2) is 14.8 Å². The quantitative estimate of drug-likeness (QED) is 0.429. The highest BCUT2D eigenvalue weighted by molar-refractivity contribution is 6.30. The molecule has 0 amide bonds. The number of benzene rings is 1. The van der Waals surface area contributed by atoms with Gasteiger partial charge in [0.1, 0.15) is 0 Å². The number of hydrogen-bond donors (Lipinski definition) is 0. The van der Waals surface area contributed by atoms with Crippen LogP contribution in [0.5, 0.6) is 17.5 Å². The third-order valence-corrected chi connectivity index (χ3v) is 3.37. The van der Waals surface area contributed by atoms with Gasteiger partial charge in [0.25, 0.3) is 0 Å². The molecule has 0 atom stereocenters. The first kappa shape index (κ1) is 18.6. The van der Waals surface area contributed by atoms with Gasteiger partial charge in [-0.1, -0.05) is 28.8 Å². The molecule has 1 aromatic carbocycles. The monoisotopic (exact) mass is 397 g/mol. The minimum atomic E-state index is -4.57. The van der Waals surface area contributed by atoms with Crippen molar-refractivity contribution in [3.05, 3.63) is 59.2 Å². The Morgan fingerprint density at radius 2 is 1.89 bits per heavy atom. The Morgan fingerprint density at radius 3 is 2.59 bits per heavy atom. The lowest BCUT2D eigenvalue weighted by Gasteiger charge is -2.04. The SMILES string of the molecule is Cn1nc(C(F)(F)F)cc1Oc1cccc(N=NOc2cccc(Cl)c2)n1. The summed E-state index contributed by atoms with van der Waals surface area (Å²) in [4.78, 5) is 9.08. The van der Waals surface area contributed by atoms with E-state index in [0.29, 0.717) is 10.8 Å². The summed E-state index contributed by atoms with van der Waals surface area (Å²) < 4.78 is 44.4. The van der Waals surface area contributed by atoms with E-state index in [9.17, 15) is 13.2 Å². The van der Waals surface area contributed by atoms with E-state index in [2.05, 4.69) is 20.5 Å². The van der Waals surface area contributed by atoms with E-state index in [1.165, 1.54) is 19.2 Å². The molecule has 0 radical (unpaired) electrons. The van der Waals surface area contributed by atoms with Crippen molar-refractivity contribution in [3.63, 3.8) is 0 Å². The van der Waals surface area contributed by atoms with Crippen LogP contribution in [0.2, 0.25) is 5.02 Å². The van der Waals surface area contributed by atoms with Crippen molar-refractivity contribution in [2.24, 2.45) is 17.4 Å². The van der Waals surface area contributed by atoms with E-state index < -0.39 is 11.9 Å². The summed E-state index contributed by atoms with van der Waals surface area (Å²) in [6, 6.07) is 11.8. The number of rotatable bonds is 5. The number of pyridine rings is 1. The van der Waals surface area contributed by atoms with Gasteiger partial charge in [0.15, 0.2) is 17.3 Å². The van der Waals surface area contributed by atoms with Crippen molar-refractivity contribution >= 4 is 17.4 Å². The first-order chi connectivity index (χ1) is 12.8. The van der Waals surface area contributed by atoms with E-state index in [4.69, 9.17) is 21.2 Å². The van der Waals surface area contributed by atoms with E-state index in [1.807, 2.05) is 0 Å². The average molecular weight is 398 g/mol. The lowest BCUT2D eigenvalue weighted by molar-refractivity contribution is -0.141. The normalized spacial score (nSPS) is 11.7. The van der Waals surface area contributed by atoms with Crippen LogP contribution in [0.15, 0.2) is 58.9 Å². The molecule has 2 heterocycles. The van der Waals surface area contributed by atoms with Crippen molar-refractivity contribution in [3.8, 4) is 17.5 Å². The topological polar surface area (TPSA) is 73.9 Å². The van der Waals surface area contributed by atoms with Gasteiger partial charge in [-0.05, 0) is 18.2 Å². The molecule has 2 aromatic heterocycles. The predicted molar refractivity (Wildman–Crippen MR) is 89.1 cm³/mol. The van der Waals surface area contributed by atoms with E-state index in [0.717, 1.165) is 10.7 Å². The van der Waals surface area contributed by atoms with Crippen LogP contribution in [0.1, 0.15) is 5.69 Å². The summed E-state index contributed by atoms with van der Waals surface area (Å²) >= 11 is 5.82. The Morgan fingerprint density at radius 1 is 1.11 bits per heavy atom. The number of nitrogens with zero attached hydrogens (tertiary/aromatic N) is 5. The molecule has 0 saturated carbocycles. The third kappa shape index (κ3) is 4.94. The van der Waals surface area contributed by atoms with Crippen molar-refractivity contribution < 1.29 is 22.7 Å². The Balaban J connectivity index is 1.70. The summed E-state index contributed by atoms with van der Waals surface area (Å²) in [6.45, 7) is 0. The maximum Gasteiger partial charge on any atom is 0.435 e. The molecule has 140 valence electrons. The molecular weight excluding hydrogens is 387 g/mol. The van der Waals surface area contributed by atoms with Gasteiger partial charge in [-0.15, -0.1) is 0 Å². The van der Waals surface area contributed by atoms with E-state index in [-0.39, 0.29) is 17.6 Å². The number of hydrogen-bond acceptors (Lipinski definition) is 6. The maximum absolute atomic E-state index is 12.7. The Labute approximate surface area is 156 Å². The van der Waals surface area contributed by atoms with Crippen molar-refractivity contribution in [1.82, 2.24) is 14.8 Å². The fourth-order valence-electron chi connectivity index (χ4n) is 1.94. The van der Waals surface area contributed by atoms with E-state index in [1.54, 1.807) is 30.3 Å². The zero-order chi connectivity index (χ0) is 19.4. The van der Waals surface area contributed by atoms with Crippen LogP contribution in [0, 0.1) is 0 Å². The molecule has 0 fully saturated rings. The number of aromatic nitrogens is 3. The van der Waals surface area contributed by atoms with Crippen LogP contribution in [0.3, 0.4) is 0 Å². The molecule has 0 N–H and O–H groups in total. The highest BCUT2D eigenvalue weighted by Gasteiger charge is 2.35. The van der Waals surface area contributed by atoms with Crippen LogP contribution < -0.4 is 9.57 Å². The summed E-state index contributed by atoms with van der Waals surface area (Å²) in [6.07, 6.45) is -4.57. The summed E-state index contributed by atoms with van der Waals surface area (Å²) in [5.41, 5.74) is -1.06.